The van der Waals surface area contributed by atoms with Crippen molar-refractivity contribution in [2.45, 2.75) is 39.3 Å². The Morgan fingerprint density at radius 2 is 2.00 bits per heavy atom. The number of hydrogen-bond acceptors (Lipinski definition) is 2. The van der Waals surface area contributed by atoms with Crippen LogP contribution in [-0.2, 0) is 11.3 Å². The zero-order chi connectivity index (χ0) is 15.3. The largest absolute Gasteiger partial charge is 0.481 e. The van der Waals surface area contributed by atoms with Gasteiger partial charge in [-0.2, -0.15) is 0 Å². The number of benzene rings is 1. The number of aryl methyl sites for hydroxylation is 1. The van der Waals surface area contributed by atoms with Crippen LogP contribution in [0.1, 0.15) is 31.4 Å². The van der Waals surface area contributed by atoms with Gasteiger partial charge in [0.2, 0.25) is 0 Å². The average molecular weight is 278 g/mol. The van der Waals surface area contributed by atoms with Crippen molar-refractivity contribution in [1.29, 1.82) is 0 Å². The quantitative estimate of drug-likeness (QED) is 0.869. The highest BCUT2D eigenvalue weighted by Crippen LogP contribution is 2.11. The monoisotopic (exact) mass is 278 g/mol. The van der Waals surface area contributed by atoms with E-state index in [9.17, 15) is 9.59 Å². The summed E-state index contributed by atoms with van der Waals surface area (Å²) >= 11 is 0. The molecule has 0 aliphatic heterocycles. The Bertz CT molecular complexity index is 498. The number of carbonyl (C=O) groups is 2. The van der Waals surface area contributed by atoms with Gasteiger partial charge in [-0.25, -0.2) is 4.79 Å². The second kappa shape index (κ2) is 6.41. The minimum Gasteiger partial charge on any atom is -0.481 e. The van der Waals surface area contributed by atoms with E-state index in [0.29, 0.717) is 6.54 Å². The van der Waals surface area contributed by atoms with Gasteiger partial charge in [-0.05, 0) is 26.3 Å². The van der Waals surface area contributed by atoms with E-state index in [1.54, 1.807) is 25.8 Å². The lowest BCUT2D eigenvalue weighted by Gasteiger charge is -2.28. The van der Waals surface area contributed by atoms with Gasteiger partial charge in [0.15, 0.2) is 0 Å². The molecule has 1 rings (SSSR count). The molecule has 1 aromatic rings. The molecule has 0 atom stereocenters. The molecule has 0 radical (unpaired) electrons. The molecular weight excluding hydrogens is 256 g/mol. The summed E-state index contributed by atoms with van der Waals surface area (Å²) in [5.74, 6) is -0.934. The smallest absolute Gasteiger partial charge is 0.317 e. The van der Waals surface area contributed by atoms with Crippen LogP contribution in [0.4, 0.5) is 4.79 Å². The normalized spacial score (nSPS) is 11.0. The average Bonchev–Trinajstić information content (AvgIpc) is 2.26. The minimum atomic E-state index is -0.934. The van der Waals surface area contributed by atoms with E-state index >= 15 is 0 Å². The van der Waals surface area contributed by atoms with E-state index in [1.807, 2.05) is 31.2 Å². The Morgan fingerprint density at radius 3 is 2.55 bits per heavy atom. The molecule has 110 valence electrons. The summed E-state index contributed by atoms with van der Waals surface area (Å²) in [6.07, 6.45) is -0.114. The number of nitrogens with zero attached hydrogens (tertiary/aromatic N) is 1. The van der Waals surface area contributed by atoms with Crippen LogP contribution in [0.5, 0.6) is 0 Å². The number of rotatable bonds is 5. The predicted molar refractivity (Wildman–Crippen MR) is 77.5 cm³/mol. The number of hydrogen-bond donors (Lipinski definition) is 2. The van der Waals surface area contributed by atoms with Crippen molar-refractivity contribution in [3.8, 4) is 0 Å². The fraction of sp³-hybridized carbons (Fsp3) is 0.467. The topological polar surface area (TPSA) is 69.6 Å². The first-order chi connectivity index (χ1) is 9.19. The summed E-state index contributed by atoms with van der Waals surface area (Å²) in [5.41, 5.74) is 1.41. The van der Waals surface area contributed by atoms with E-state index in [4.69, 9.17) is 5.11 Å². The fourth-order valence-corrected chi connectivity index (χ4v) is 1.96. The molecule has 0 heterocycles. The van der Waals surface area contributed by atoms with Crippen molar-refractivity contribution < 1.29 is 14.7 Å². The lowest BCUT2D eigenvalue weighted by atomic mass is 10.0. The van der Waals surface area contributed by atoms with Gasteiger partial charge in [-0.15, -0.1) is 0 Å². The first kappa shape index (κ1) is 16.0. The maximum absolute atomic E-state index is 12.1. The third-order valence-corrected chi connectivity index (χ3v) is 2.89. The number of aliphatic carboxylic acids is 1. The summed E-state index contributed by atoms with van der Waals surface area (Å²) in [5, 5.41) is 11.5. The molecule has 0 bridgehead atoms. The van der Waals surface area contributed by atoms with Crippen LogP contribution < -0.4 is 5.32 Å². The Hall–Kier alpha value is -2.04. The zero-order valence-corrected chi connectivity index (χ0v) is 12.4. The van der Waals surface area contributed by atoms with Crippen LogP contribution >= 0.6 is 0 Å². The number of urea groups is 1. The second-order valence-electron chi connectivity index (χ2n) is 5.73. The highest BCUT2D eigenvalue weighted by molar-refractivity contribution is 5.76. The number of carboxylic acid groups (broad SMARTS) is 1. The Labute approximate surface area is 119 Å². The van der Waals surface area contributed by atoms with Crippen molar-refractivity contribution in [2.24, 2.45) is 0 Å². The molecule has 2 N–H and O–H groups in total. The van der Waals surface area contributed by atoms with Gasteiger partial charge in [0.1, 0.15) is 0 Å². The molecule has 0 fully saturated rings. The molecular formula is C15H22N2O3. The number of carboxylic acids is 1. The van der Waals surface area contributed by atoms with Crippen molar-refractivity contribution in [3.05, 3.63) is 35.4 Å². The van der Waals surface area contributed by atoms with Crippen LogP contribution in [0, 0.1) is 6.92 Å². The van der Waals surface area contributed by atoms with Crippen molar-refractivity contribution in [2.75, 3.05) is 7.05 Å². The Morgan fingerprint density at radius 1 is 1.35 bits per heavy atom. The molecule has 0 aromatic heterocycles. The van der Waals surface area contributed by atoms with Crippen LogP contribution in [0.3, 0.4) is 0 Å². The predicted octanol–water partition coefficient (Wildman–Crippen LogP) is 2.39. The molecule has 0 spiro atoms. The van der Waals surface area contributed by atoms with Crippen molar-refractivity contribution in [1.82, 2.24) is 10.2 Å². The van der Waals surface area contributed by atoms with Crippen molar-refractivity contribution >= 4 is 12.0 Å². The van der Waals surface area contributed by atoms with Crippen molar-refractivity contribution in [3.63, 3.8) is 0 Å². The molecule has 5 nitrogen and oxygen atoms in total. The van der Waals surface area contributed by atoms with E-state index in [-0.39, 0.29) is 12.5 Å². The molecule has 0 saturated heterocycles. The van der Waals surface area contributed by atoms with Gasteiger partial charge in [0, 0.05) is 19.1 Å². The van der Waals surface area contributed by atoms with Gasteiger partial charge in [-0.3, -0.25) is 4.79 Å². The third-order valence-electron chi connectivity index (χ3n) is 2.89. The molecule has 1 aromatic carbocycles. The Kier molecular flexibility index (Phi) is 5.13. The fourth-order valence-electron chi connectivity index (χ4n) is 1.96. The summed E-state index contributed by atoms with van der Waals surface area (Å²) in [6.45, 7) is 5.87. The molecule has 0 aliphatic carbocycles. The third kappa shape index (κ3) is 5.30. The Balaban J connectivity index is 2.61. The molecule has 5 heteroatoms. The van der Waals surface area contributed by atoms with Gasteiger partial charge in [-0.1, -0.05) is 29.8 Å². The standard InChI is InChI=1S/C15H22N2O3/c1-11-6-5-7-12(8-11)10-17(4)14(20)16-15(2,3)9-13(18)19/h5-8H,9-10H2,1-4H3,(H,16,20)(H,18,19). The molecule has 0 unspecified atom stereocenters. The number of carbonyl (C=O) groups excluding carboxylic acids is 1. The van der Waals surface area contributed by atoms with Gasteiger partial charge >= 0.3 is 12.0 Å². The van der Waals surface area contributed by atoms with E-state index < -0.39 is 11.5 Å². The zero-order valence-electron chi connectivity index (χ0n) is 12.4. The highest BCUT2D eigenvalue weighted by atomic mass is 16.4. The van der Waals surface area contributed by atoms with E-state index in [2.05, 4.69) is 5.32 Å². The van der Waals surface area contributed by atoms with Crippen LogP contribution in [0.25, 0.3) is 0 Å². The minimum absolute atomic E-state index is 0.114. The molecule has 0 aliphatic rings. The lowest BCUT2D eigenvalue weighted by Crippen LogP contribution is -2.49. The summed E-state index contributed by atoms with van der Waals surface area (Å²) in [4.78, 5) is 24.3. The molecule has 0 saturated carbocycles. The van der Waals surface area contributed by atoms with Gasteiger partial charge in [0.25, 0.3) is 0 Å². The molecule has 20 heavy (non-hydrogen) atoms. The second-order valence-corrected chi connectivity index (χ2v) is 5.73. The first-order valence-corrected chi connectivity index (χ1v) is 6.50. The molecule has 2 amide bonds. The maximum Gasteiger partial charge on any atom is 0.317 e. The summed E-state index contributed by atoms with van der Waals surface area (Å²) in [6, 6.07) is 7.65. The maximum atomic E-state index is 12.1. The van der Waals surface area contributed by atoms with Crippen LogP contribution in [0.15, 0.2) is 24.3 Å². The lowest BCUT2D eigenvalue weighted by molar-refractivity contribution is -0.138. The highest BCUT2D eigenvalue weighted by Gasteiger charge is 2.25. The van der Waals surface area contributed by atoms with Crippen LogP contribution in [-0.4, -0.2) is 34.6 Å². The van der Waals surface area contributed by atoms with Crippen LogP contribution in [0.2, 0.25) is 0 Å². The number of nitrogens with one attached hydrogen (secondary N) is 1. The number of amides is 2. The first-order valence-electron chi connectivity index (χ1n) is 6.50. The van der Waals surface area contributed by atoms with Gasteiger partial charge < -0.3 is 15.3 Å². The van der Waals surface area contributed by atoms with E-state index in [0.717, 1.165) is 11.1 Å². The van der Waals surface area contributed by atoms with Gasteiger partial charge in [0.05, 0.1) is 6.42 Å². The van der Waals surface area contributed by atoms with E-state index in [1.165, 1.54) is 0 Å². The summed E-state index contributed by atoms with van der Waals surface area (Å²) < 4.78 is 0. The summed E-state index contributed by atoms with van der Waals surface area (Å²) in [7, 11) is 1.69. The SMILES string of the molecule is Cc1cccc(CN(C)C(=O)NC(C)(C)CC(=O)O)c1.